The van der Waals surface area contributed by atoms with Gasteiger partial charge in [0.05, 0.1) is 6.33 Å². The number of nitrogens with one attached hydrogen (secondary N) is 1. The summed E-state index contributed by atoms with van der Waals surface area (Å²) in [6.45, 7) is 1.97. The van der Waals surface area contributed by atoms with Crippen LogP contribution in [0.5, 0.6) is 0 Å². The Labute approximate surface area is 78.4 Å². The van der Waals surface area contributed by atoms with Gasteiger partial charge in [0, 0.05) is 26.0 Å². The van der Waals surface area contributed by atoms with Gasteiger partial charge in [-0.3, -0.25) is 4.79 Å². The Morgan fingerprint density at radius 3 is 2.17 bits per heavy atom. The molecule has 0 saturated heterocycles. The summed E-state index contributed by atoms with van der Waals surface area (Å²) in [4.78, 5) is 17.5. The molecule has 12 heavy (non-hydrogen) atoms. The molecule has 0 unspecified atom stereocenters. The Morgan fingerprint density at radius 2 is 2.08 bits per heavy atom. The number of amides is 1. The van der Waals surface area contributed by atoms with Crippen molar-refractivity contribution in [3.8, 4) is 0 Å². The molecule has 0 bridgehead atoms. The number of aromatic amines is 1. The number of hydrogen-bond acceptors (Lipinski definition) is 2. The molecule has 1 rings (SSSR count). The summed E-state index contributed by atoms with van der Waals surface area (Å²) in [5.74, 6) is 0. The summed E-state index contributed by atoms with van der Waals surface area (Å²) in [6, 6.07) is 0. The number of nitrogens with zero attached hydrogens (tertiary/aromatic N) is 2. The molecule has 0 atom stereocenters. The van der Waals surface area contributed by atoms with Gasteiger partial charge >= 0.3 is 0 Å². The van der Waals surface area contributed by atoms with Crippen LogP contribution in [0.3, 0.4) is 0 Å². The van der Waals surface area contributed by atoms with Crippen LogP contribution in [0, 0.1) is 6.92 Å². The molecular formula is C7H14ClN3O. The van der Waals surface area contributed by atoms with Crippen molar-refractivity contribution in [3.63, 3.8) is 0 Å². The highest BCUT2D eigenvalue weighted by molar-refractivity contribution is 5.85. The van der Waals surface area contributed by atoms with Crippen molar-refractivity contribution in [2.24, 2.45) is 0 Å². The van der Waals surface area contributed by atoms with E-state index in [4.69, 9.17) is 0 Å². The van der Waals surface area contributed by atoms with Gasteiger partial charge in [0.15, 0.2) is 0 Å². The number of hydrogen-bond donors (Lipinski definition) is 1. The minimum absolute atomic E-state index is 0. The first kappa shape index (κ1) is 13.6. The number of halogens is 1. The van der Waals surface area contributed by atoms with E-state index in [1.54, 1.807) is 26.6 Å². The van der Waals surface area contributed by atoms with Gasteiger partial charge in [0.2, 0.25) is 6.41 Å². The third kappa shape index (κ3) is 8.97. The normalized spacial score (nSPS) is 7.25. The molecule has 0 fully saturated rings. The third-order valence-electron chi connectivity index (χ3n) is 0.846. The minimum atomic E-state index is 0. The maximum absolute atomic E-state index is 9.43. The maximum Gasteiger partial charge on any atom is 0.209 e. The Kier molecular flexibility index (Phi) is 9.11. The summed E-state index contributed by atoms with van der Waals surface area (Å²) >= 11 is 0. The van der Waals surface area contributed by atoms with E-state index in [1.807, 2.05) is 6.92 Å². The quantitative estimate of drug-likeness (QED) is 0.669. The fourth-order valence-electron chi connectivity index (χ4n) is 0.325. The van der Waals surface area contributed by atoms with Crippen molar-refractivity contribution in [1.82, 2.24) is 14.9 Å². The SMILES string of the molecule is CN(C)C=O.Cc1cnc[nH]1.Cl. The van der Waals surface area contributed by atoms with Crippen molar-refractivity contribution in [3.05, 3.63) is 18.2 Å². The molecule has 1 heterocycles. The topological polar surface area (TPSA) is 49.0 Å². The molecule has 0 saturated carbocycles. The lowest BCUT2D eigenvalue weighted by atomic mass is 10.6. The highest BCUT2D eigenvalue weighted by atomic mass is 35.5. The first-order chi connectivity index (χ1) is 5.16. The van der Waals surface area contributed by atoms with Gasteiger partial charge in [-0.1, -0.05) is 0 Å². The molecule has 0 radical (unpaired) electrons. The first-order valence-electron chi connectivity index (χ1n) is 3.23. The van der Waals surface area contributed by atoms with Crippen molar-refractivity contribution in [2.45, 2.75) is 6.92 Å². The summed E-state index contributed by atoms with van der Waals surface area (Å²) in [5, 5.41) is 0. The number of carbonyl (C=O) groups excluding carboxylic acids is 1. The van der Waals surface area contributed by atoms with Gasteiger partial charge in [-0.15, -0.1) is 12.4 Å². The zero-order valence-corrected chi connectivity index (χ0v) is 8.26. The van der Waals surface area contributed by atoms with Gasteiger partial charge in [0.1, 0.15) is 0 Å². The van der Waals surface area contributed by atoms with Gasteiger partial charge in [-0.05, 0) is 6.92 Å². The predicted molar refractivity (Wildman–Crippen MR) is 50.3 cm³/mol. The zero-order valence-electron chi connectivity index (χ0n) is 7.44. The molecule has 0 aliphatic heterocycles. The van der Waals surface area contributed by atoms with Crippen molar-refractivity contribution in [1.29, 1.82) is 0 Å². The molecule has 5 heteroatoms. The number of rotatable bonds is 1. The summed E-state index contributed by atoms with van der Waals surface area (Å²) < 4.78 is 0. The van der Waals surface area contributed by atoms with Crippen LogP contribution in [-0.4, -0.2) is 35.4 Å². The molecular weight excluding hydrogens is 178 g/mol. The lowest BCUT2D eigenvalue weighted by Gasteiger charge is -1.93. The van der Waals surface area contributed by atoms with E-state index in [2.05, 4.69) is 9.97 Å². The largest absolute Gasteiger partial charge is 0.351 e. The smallest absolute Gasteiger partial charge is 0.209 e. The molecule has 0 aliphatic carbocycles. The molecule has 4 nitrogen and oxygen atoms in total. The van der Waals surface area contributed by atoms with Crippen molar-refractivity contribution >= 4 is 18.8 Å². The fourth-order valence-corrected chi connectivity index (χ4v) is 0.325. The monoisotopic (exact) mass is 191 g/mol. The van der Waals surface area contributed by atoms with Gasteiger partial charge < -0.3 is 9.88 Å². The number of imidazole rings is 1. The predicted octanol–water partition coefficient (Wildman–Crippen LogP) is 0.844. The fraction of sp³-hybridized carbons (Fsp3) is 0.429. The second-order valence-corrected chi connectivity index (χ2v) is 2.30. The molecule has 1 aromatic rings. The van der Waals surface area contributed by atoms with Crippen LogP contribution in [0.2, 0.25) is 0 Å². The Balaban J connectivity index is 0. The van der Waals surface area contributed by atoms with E-state index in [0.29, 0.717) is 0 Å². The van der Waals surface area contributed by atoms with Crippen LogP contribution < -0.4 is 0 Å². The van der Waals surface area contributed by atoms with Crippen LogP contribution in [0.1, 0.15) is 5.69 Å². The number of aromatic nitrogens is 2. The van der Waals surface area contributed by atoms with Gasteiger partial charge in [-0.25, -0.2) is 4.98 Å². The zero-order chi connectivity index (χ0) is 8.69. The van der Waals surface area contributed by atoms with E-state index in [1.165, 1.54) is 4.90 Å². The van der Waals surface area contributed by atoms with Crippen LogP contribution in [0.25, 0.3) is 0 Å². The second kappa shape index (κ2) is 8.07. The Hall–Kier alpha value is -1.03. The lowest BCUT2D eigenvalue weighted by molar-refractivity contribution is -0.115. The Bertz CT molecular complexity index is 187. The number of H-pyrrole nitrogens is 1. The number of aryl methyl sites for hydroxylation is 1. The van der Waals surface area contributed by atoms with Crippen molar-refractivity contribution < 1.29 is 4.79 Å². The van der Waals surface area contributed by atoms with Crippen LogP contribution in [0.4, 0.5) is 0 Å². The van der Waals surface area contributed by atoms with E-state index in [9.17, 15) is 4.79 Å². The second-order valence-electron chi connectivity index (χ2n) is 2.30. The van der Waals surface area contributed by atoms with E-state index < -0.39 is 0 Å². The molecule has 1 N–H and O–H groups in total. The highest BCUT2D eigenvalue weighted by Crippen LogP contribution is 1.81. The Morgan fingerprint density at radius 1 is 1.58 bits per heavy atom. The van der Waals surface area contributed by atoms with Gasteiger partial charge in [-0.2, -0.15) is 0 Å². The van der Waals surface area contributed by atoms with Crippen LogP contribution in [-0.2, 0) is 4.79 Å². The molecule has 0 aromatic carbocycles. The minimum Gasteiger partial charge on any atom is -0.351 e. The molecule has 70 valence electrons. The molecule has 0 aliphatic rings. The summed E-state index contributed by atoms with van der Waals surface area (Å²) in [5.41, 5.74) is 1.11. The molecule has 1 aromatic heterocycles. The number of carbonyl (C=O) groups is 1. The lowest BCUT2D eigenvalue weighted by Crippen LogP contribution is -2.06. The van der Waals surface area contributed by atoms with Gasteiger partial charge in [0.25, 0.3) is 0 Å². The first-order valence-corrected chi connectivity index (χ1v) is 3.23. The third-order valence-corrected chi connectivity index (χ3v) is 0.846. The van der Waals surface area contributed by atoms with E-state index in [-0.39, 0.29) is 12.4 Å². The summed E-state index contributed by atoms with van der Waals surface area (Å²) in [7, 11) is 3.38. The standard InChI is InChI=1S/C4H6N2.C3H7NO.ClH/c1-4-2-5-3-6-4;1-4(2)3-5;/h2-3H,1H3,(H,5,6);3H,1-2H3;1H. The molecule has 0 spiro atoms. The molecule has 1 amide bonds. The van der Waals surface area contributed by atoms with Crippen molar-refractivity contribution in [2.75, 3.05) is 14.1 Å². The van der Waals surface area contributed by atoms with Crippen LogP contribution >= 0.6 is 12.4 Å². The van der Waals surface area contributed by atoms with Crippen LogP contribution in [0.15, 0.2) is 12.5 Å². The van der Waals surface area contributed by atoms with E-state index >= 15 is 0 Å². The average Bonchev–Trinajstić information content (AvgIpc) is 2.41. The highest BCUT2D eigenvalue weighted by Gasteiger charge is 1.73. The summed E-state index contributed by atoms with van der Waals surface area (Å²) in [6.07, 6.45) is 4.19. The average molecular weight is 192 g/mol. The van der Waals surface area contributed by atoms with E-state index in [0.717, 1.165) is 12.1 Å². The maximum atomic E-state index is 9.43.